The first-order valence-corrected chi connectivity index (χ1v) is 10.1. The van der Waals surface area contributed by atoms with Gasteiger partial charge in [0.1, 0.15) is 0 Å². The monoisotopic (exact) mass is 377 g/mol. The Bertz CT molecular complexity index is 867. The van der Waals surface area contributed by atoms with E-state index < -0.39 is 0 Å². The molecule has 28 heavy (non-hydrogen) atoms. The van der Waals surface area contributed by atoms with Crippen molar-refractivity contribution in [2.45, 2.75) is 31.7 Å². The van der Waals surface area contributed by atoms with Crippen LogP contribution in [0.2, 0.25) is 0 Å². The number of hydrogen-bond donors (Lipinski definition) is 1. The Hall–Kier alpha value is -2.66. The molecule has 0 bridgehead atoms. The van der Waals surface area contributed by atoms with Crippen LogP contribution in [0.3, 0.4) is 0 Å². The van der Waals surface area contributed by atoms with Crippen molar-refractivity contribution in [3.63, 3.8) is 0 Å². The van der Waals surface area contributed by atoms with Crippen LogP contribution in [-0.2, 0) is 16.0 Å². The molecule has 2 heterocycles. The van der Waals surface area contributed by atoms with Crippen LogP contribution in [0.4, 0.5) is 5.69 Å². The lowest BCUT2D eigenvalue weighted by atomic mass is 9.95. The smallest absolute Gasteiger partial charge is 0.228 e. The quantitative estimate of drug-likeness (QED) is 0.890. The SMILES string of the molecule is CCc1ccccc1N1CC(C(=O)N2C[C@@H](N)[C@H](c3ccccc3)C2)CC1=O. The minimum absolute atomic E-state index is 0.0300. The molecular formula is C23H27N3O2. The molecule has 4 rings (SSSR count). The molecule has 2 aromatic carbocycles. The molecule has 2 saturated heterocycles. The molecule has 0 aromatic heterocycles. The van der Waals surface area contributed by atoms with E-state index in [1.165, 1.54) is 5.56 Å². The molecular weight excluding hydrogens is 350 g/mol. The van der Waals surface area contributed by atoms with Gasteiger partial charge < -0.3 is 15.5 Å². The summed E-state index contributed by atoms with van der Waals surface area (Å²) in [5.74, 6) is -0.0561. The van der Waals surface area contributed by atoms with E-state index in [0.29, 0.717) is 19.6 Å². The Balaban J connectivity index is 1.47. The largest absolute Gasteiger partial charge is 0.340 e. The summed E-state index contributed by atoms with van der Waals surface area (Å²) < 4.78 is 0. The average Bonchev–Trinajstić information content (AvgIpc) is 3.31. The van der Waals surface area contributed by atoms with E-state index in [4.69, 9.17) is 5.73 Å². The third-order valence-electron chi connectivity index (χ3n) is 6.04. The Labute approximate surface area is 166 Å². The molecule has 146 valence electrons. The van der Waals surface area contributed by atoms with Crippen LogP contribution < -0.4 is 10.6 Å². The number of amides is 2. The van der Waals surface area contributed by atoms with E-state index in [9.17, 15) is 9.59 Å². The maximum Gasteiger partial charge on any atom is 0.228 e. The van der Waals surface area contributed by atoms with Gasteiger partial charge in [-0.15, -0.1) is 0 Å². The van der Waals surface area contributed by atoms with Crippen molar-refractivity contribution in [1.82, 2.24) is 4.90 Å². The maximum atomic E-state index is 13.1. The standard InChI is InChI=1S/C23H27N3O2/c1-2-16-8-6-7-11-21(16)26-13-18(12-22(26)27)23(28)25-14-19(20(24)15-25)17-9-4-3-5-10-17/h3-11,18-20H,2,12-15,24H2,1H3/t18?,19-,20+/m0/s1. The van der Waals surface area contributed by atoms with Crippen LogP contribution in [0.25, 0.3) is 0 Å². The van der Waals surface area contributed by atoms with Crippen LogP contribution in [-0.4, -0.2) is 42.4 Å². The Morgan fingerprint density at radius 3 is 2.50 bits per heavy atom. The van der Waals surface area contributed by atoms with Crippen LogP contribution in [0.5, 0.6) is 0 Å². The topological polar surface area (TPSA) is 66.6 Å². The summed E-state index contributed by atoms with van der Waals surface area (Å²) in [7, 11) is 0. The minimum Gasteiger partial charge on any atom is -0.340 e. The van der Waals surface area contributed by atoms with Gasteiger partial charge in [0.25, 0.3) is 0 Å². The highest BCUT2D eigenvalue weighted by molar-refractivity contribution is 6.00. The van der Waals surface area contributed by atoms with Gasteiger partial charge in [-0.3, -0.25) is 9.59 Å². The number of rotatable bonds is 4. The molecule has 0 aliphatic carbocycles. The molecule has 2 N–H and O–H groups in total. The second-order valence-electron chi connectivity index (χ2n) is 7.81. The van der Waals surface area contributed by atoms with Gasteiger partial charge in [-0.2, -0.15) is 0 Å². The molecule has 5 heteroatoms. The van der Waals surface area contributed by atoms with Crippen LogP contribution in [0.15, 0.2) is 54.6 Å². The van der Waals surface area contributed by atoms with E-state index in [-0.39, 0.29) is 36.1 Å². The number of carbonyl (C=O) groups excluding carboxylic acids is 2. The molecule has 2 aliphatic heterocycles. The number of benzene rings is 2. The molecule has 0 spiro atoms. The normalized spacial score (nSPS) is 24.8. The molecule has 2 fully saturated rings. The molecule has 5 nitrogen and oxygen atoms in total. The molecule has 2 aliphatic rings. The number of hydrogen-bond acceptors (Lipinski definition) is 3. The molecule has 0 saturated carbocycles. The molecule has 2 amide bonds. The Kier molecular flexibility index (Phi) is 5.18. The van der Waals surface area contributed by atoms with Crippen LogP contribution in [0, 0.1) is 5.92 Å². The van der Waals surface area contributed by atoms with Gasteiger partial charge in [0.05, 0.1) is 5.92 Å². The van der Waals surface area contributed by atoms with E-state index in [0.717, 1.165) is 17.7 Å². The lowest BCUT2D eigenvalue weighted by Crippen LogP contribution is -2.37. The lowest BCUT2D eigenvalue weighted by Gasteiger charge is -2.22. The second-order valence-corrected chi connectivity index (χ2v) is 7.81. The molecule has 3 atom stereocenters. The van der Waals surface area contributed by atoms with Gasteiger partial charge in [0, 0.05) is 43.7 Å². The highest BCUT2D eigenvalue weighted by Gasteiger charge is 2.41. The highest BCUT2D eigenvalue weighted by Crippen LogP contribution is 2.32. The molecule has 2 aromatic rings. The average molecular weight is 377 g/mol. The first-order valence-electron chi connectivity index (χ1n) is 10.1. The molecule has 1 unspecified atom stereocenters. The van der Waals surface area contributed by atoms with E-state index >= 15 is 0 Å². The summed E-state index contributed by atoms with van der Waals surface area (Å²) >= 11 is 0. The van der Waals surface area contributed by atoms with E-state index in [1.54, 1.807) is 4.90 Å². The summed E-state index contributed by atoms with van der Waals surface area (Å²) in [5, 5.41) is 0. The van der Waals surface area contributed by atoms with E-state index in [2.05, 4.69) is 19.1 Å². The fourth-order valence-electron chi connectivity index (χ4n) is 4.50. The van der Waals surface area contributed by atoms with Gasteiger partial charge in [0.2, 0.25) is 11.8 Å². The number of para-hydroxylation sites is 1. The van der Waals surface area contributed by atoms with Crippen molar-refractivity contribution in [2.75, 3.05) is 24.5 Å². The van der Waals surface area contributed by atoms with Crippen molar-refractivity contribution in [3.8, 4) is 0 Å². The Morgan fingerprint density at radius 1 is 1.04 bits per heavy atom. The van der Waals surface area contributed by atoms with Crippen LogP contribution >= 0.6 is 0 Å². The van der Waals surface area contributed by atoms with Gasteiger partial charge in [-0.05, 0) is 23.6 Å². The number of nitrogens with two attached hydrogens (primary N) is 1. The minimum atomic E-state index is -0.292. The van der Waals surface area contributed by atoms with Gasteiger partial charge in [0.15, 0.2) is 0 Å². The first kappa shape index (κ1) is 18.7. The lowest BCUT2D eigenvalue weighted by molar-refractivity contribution is -0.134. The number of nitrogens with zero attached hydrogens (tertiary/aromatic N) is 2. The summed E-state index contributed by atoms with van der Waals surface area (Å²) in [6, 6.07) is 18.0. The van der Waals surface area contributed by atoms with Crippen molar-refractivity contribution in [2.24, 2.45) is 11.7 Å². The third-order valence-corrected chi connectivity index (χ3v) is 6.04. The van der Waals surface area contributed by atoms with Crippen molar-refractivity contribution in [1.29, 1.82) is 0 Å². The maximum absolute atomic E-state index is 13.1. The number of anilines is 1. The summed E-state index contributed by atoms with van der Waals surface area (Å²) in [6.07, 6.45) is 1.14. The predicted molar refractivity (Wildman–Crippen MR) is 110 cm³/mol. The van der Waals surface area contributed by atoms with Gasteiger partial charge >= 0.3 is 0 Å². The van der Waals surface area contributed by atoms with Gasteiger partial charge in [-0.25, -0.2) is 0 Å². The third kappa shape index (κ3) is 3.42. The fraction of sp³-hybridized carbons (Fsp3) is 0.391. The number of likely N-dealkylation sites (tertiary alicyclic amines) is 1. The van der Waals surface area contributed by atoms with Crippen molar-refractivity contribution in [3.05, 3.63) is 65.7 Å². The number of carbonyl (C=O) groups is 2. The fourth-order valence-corrected chi connectivity index (χ4v) is 4.50. The zero-order valence-electron chi connectivity index (χ0n) is 16.3. The highest BCUT2D eigenvalue weighted by atomic mass is 16.2. The first-order chi connectivity index (χ1) is 13.6. The summed E-state index contributed by atoms with van der Waals surface area (Å²) in [6.45, 7) is 3.71. The van der Waals surface area contributed by atoms with E-state index in [1.807, 2.05) is 47.4 Å². The van der Waals surface area contributed by atoms with Gasteiger partial charge in [-0.1, -0.05) is 55.5 Å². The van der Waals surface area contributed by atoms with Crippen LogP contribution in [0.1, 0.15) is 30.4 Å². The molecule has 0 radical (unpaired) electrons. The predicted octanol–water partition coefficient (Wildman–Crippen LogP) is 2.56. The zero-order chi connectivity index (χ0) is 19.7. The van der Waals surface area contributed by atoms with Crippen molar-refractivity contribution >= 4 is 17.5 Å². The Morgan fingerprint density at radius 2 is 1.75 bits per heavy atom. The number of aryl methyl sites for hydroxylation is 1. The second kappa shape index (κ2) is 7.76. The zero-order valence-corrected chi connectivity index (χ0v) is 16.3. The summed E-state index contributed by atoms with van der Waals surface area (Å²) in [5.41, 5.74) is 9.59. The summed E-state index contributed by atoms with van der Waals surface area (Å²) in [4.78, 5) is 29.4. The van der Waals surface area contributed by atoms with Crippen molar-refractivity contribution < 1.29 is 9.59 Å².